The van der Waals surface area contributed by atoms with Crippen molar-refractivity contribution in [2.75, 3.05) is 0 Å². The molecule has 2 aromatic heterocycles. The number of hydrogen-bond donors (Lipinski definition) is 0. The Bertz CT molecular complexity index is 1210. The minimum atomic E-state index is 0.573. The summed E-state index contributed by atoms with van der Waals surface area (Å²) in [5.74, 6) is 0.573. The van der Waals surface area contributed by atoms with Crippen LogP contribution in [0.4, 0.5) is 0 Å². The molecule has 5 nitrogen and oxygen atoms in total. The molecule has 0 aliphatic carbocycles. The van der Waals surface area contributed by atoms with E-state index >= 15 is 0 Å². The fraction of sp³-hybridized carbons (Fsp3) is 0. The maximum absolute atomic E-state index is 6.31. The Morgan fingerprint density at radius 1 is 0.880 bits per heavy atom. The summed E-state index contributed by atoms with van der Waals surface area (Å²) in [5.41, 5.74) is 3.34. The van der Waals surface area contributed by atoms with E-state index < -0.39 is 0 Å². The Labute approximate surface area is 147 Å². The maximum Gasteiger partial charge on any atom is 0.227 e. The molecule has 120 valence electrons. The third kappa shape index (κ3) is 2.28. The number of oxazole rings is 1. The van der Waals surface area contributed by atoms with Crippen LogP contribution in [0.5, 0.6) is 0 Å². The molecule has 0 N–H and O–H groups in total. The monoisotopic (exact) mass is 346 g/mol. The zero-order valence-corrected chi connectivity index (χ0v) is 13.7. The van der Waals surface area contributed by atoms with Gasteiger partial charge in [0.15, 0.2) is 5.58 Å². The number of hydrogen-bond acceptors (Lipinski definition) is 4. The van der Waals surface area contributed by atoms with Crippen molar-refractivity contribution in [2.24, 2.45) is 0 Å². The molecule has 0 spiro atoms. The standard InChI is InChI=1S/C19H11ClN4O/c20-16-6-2-3-13-14(16)4-1-5-15(13)19-23-17-8-7-12(9-18(17)25-19)24-10-21-22-11-24/h1-11H. The minimum Gasteiger partial charge on any atom is -0.436 e. The molecule has 0 fully saturated rings. The first-order valence-electron chi connectivity index (χ1n) is 7.73. The third-order valence-corrected chi connectivity index (χ3v) is 4.52. The third-order valence-electron chi connectivity index (χ3n) is 4.19. The van der Waals surface area contributed by atoms with Crippen LogP contribution in [0.1, 0.15) is 0 Å². The van der Waals surface area contributed by atoms with Crippen LogP contribution < -0.4 is 0 Å². The summed E-state index contributed by atoms with van der Waals surface area (Å²) in [4.78, 5) is 4.63. The smallest absolute Gasteiger partial charge is 0.227 e. The van der Waals surface area contributed by atoms with Crippen LogP contribution in [0, 0.1) is 0 Å². The Morgan fingerprint density at radius 2 is 1.68 bits per heavy atom. The summed E-state index contributed by atoms with van der Waals surface area (Å²) in [5, 5.41) is 10.4. The van der Waals surface area contributed by atoms with Gasteiger partial charge in [0.25, 0.3) is 0 Å². The van der Waals surface area contributed by atoms with Crippen molar-refractivity contribution in [3.8, 4) is 17.1 Å². The van der Waals surface area contributed by atoms with E-state index in [1.54, 1.807) is 12.7 Å². The van der Waals surface area contributed by atoms with Crippen LogP contribution in [0.2, 0.25) is 5.02 Å². The zero-order valence-electron chi connectivity index (χ0n) is 12.9. The highest BCUT2D eigenvalue weighted by Gasteiger charge is 2.13. The van der Waals surface area contributed by atoms with Gasteiger partial charge in [0.1, 0.15) is 18.2 Å². The van der Waals surface area contributed by atoms with Crippen LogP contribution in [-0.4, -0.2) is 19.7 Å². The Hall–Kier alpha value is -3.18. The van der Waals surface area contributed by atoms with Gasteiger partial charge in [0.05, 0.1) is 5.69 Å². The Kier molecular flexibility index (Phi) is 3.08. The lowest BCUT2D eigenvalue weighted by Gasteiger charge is -2.04. The van der Waals surface area contributed by atoms with Crippen molar-refractivity contribution in [3.05, 3.63) is 72.3 Å². The molecule has 5 rings (SSSR count). The molecule has 0 atom stereocenters. The van der Waals surface area contributed by atoms with Crippen molar-refractivity contribution >= 4 is 33.5 Å². The van der Waals surface area contributed by atoms with Crippen molar-refractivity contribution < 1.29 is 4.42 Å². The van der Waals surface area contributed by atoms with Crippen LogP contribution >= 0.6 is 11.6 Å². The first kappa shape index (κ1) is 14.2. The second-order valence-corrected chi connectivity index (χ2v) is 6.09. The average molecular weight is 347 g/mol. The lowest BCUT2D eigenvalue weighted by atomic mass is 10.0. The van der Waals surface area contributed by atoms with E-state index in [4.69, 9.17) is 16.0 Å². The minimum absolute atomic E-state index is 0.573. The zero-order chi connectivity index (χ0) is 16.8. The number of aromatic nitrogens is 4. The summed E-state index contributed by atoms with van der Waals surface area (Å²) in [7, 11) is 0. The molecule has 2 heterocycles. The van der Waals surface area contributed by atoms with E-state index in [9.17, 15) is 0 Å². The highest BCUT2D eigenvalue weighted by molar-refractivity contribution is 6.35. The first-order valence-corrected chi connectivity index (χ1v) is 8.10. The first-order chi connectivity index (χ1) is 12.3. The molecule has 6 heteroatoms. The summed E-state index contributed by atoms with van der Waals surface area (Å²) < 4.78 is 7.85. The van der Waals surface area contributed by atoms with Crippen molar-refractivity contribution in [2.45, 2.75) is 0 Å². The van der Waals surface area contributed by atoms with E-state index in [-0.39, 0.29) is 0 Å². The second-order valence-electron chi connectivity index (χ2n) is 5.68. The van der Waals surface area contributed by atoms with Crippen LogP contribution in [0.3, 0.4) is 0 Å². The number of halogens is 1. The van der Waals surface area contributed by atoms with E-state index in [0.29, 0.717) is 16.5 Å². The number of rotatable bonds is 2. The molecule has 0 saturated heterocycles. The van der Waals surface area contributed by atoms with Gasteiger partial charge in [-0.15, -0.1) is 10.2 Å². The molecule has 0 amide bonds. The van der Waals surface area contributed by atoms with E-state index in [1.807, 2.05) is 59.2 Å². The molecular formula is C19H11ClN4O. The van der Waals surface area contributed by atoms with Crippen LogP contribution in [-0.2, 0) is 0 Å². The molecule has 0 radical (unpaired) electrons. The van der Waals surface area contributed by atoms with Gasteiger partial charge in [-0.05, 0) is 29.7 Å². The van der Waals surface area contributed by atoms with Crippen molar-refractivity contribution in [1.29, 1.82) is 0 Å². The molecule has 3 aromatic carbocycles. The van der Waals surface area contributed by atoms with Gasteiger partial charge in [0.2, 0.25) is 5.89 Å². The van der Waals surface area contributed by atoms with Gasteiger partial charge in [-0.1, -0.05) is 35.9 Å². The van der Waals surface area contributed by atoms with E-state index in [1.165, 1.54) is 0 Å². The number of benzene rings is 3. The van der Waals surface area contributed by atoms with Crippen molar-refractivity contribution in [1.82, 2.24) is 19.7 Å². The quantitative estimate of drug-likeness (QED) is 0.457. The fourth-order valence-corrected chi connectivity index (χ4v) is 3.22. The highest BCUT2D eigenvalue weighted by Crippen LogP contribution is 2.33. The molecule has 5 aromatic rings. The van der Waals surface area contributed by atoms with Gasteiger partial charge in [-0.2, -0.15) is 0 Å². The highest BCUT2D eigenvalue weighted by atomic mass is 35.5. The van der Waals surface area contributed by atoms with Gasteiger partial charge in [-0.25, -0.2) is 4.98 Å². The summed E-state index contributed by atoms with van der Waals surface area (Å²) in [6.45, 7) is 0. The van der Waals surface area contributed by atoms with Gasteiger partial charge < -0.3 is 4.42 Å². The molecule has 0 bridgehead atoms. The summed E-state index contributed by atoms with van der Waals surface area (Å²) in [6, 6.07) is 17.6. The van der Waals surface area contributed by atoms with E-state index in [2.05, 4.69) is 15.2 Å². The predicted octanol–water partition coefficient (Wildman–Crippen LogP) is 4.88. The van der Waals surface area contributed by atoms with Gasteiger partial charge >= 0.3 is 0 Å². The SMILES string of the molecule is Clc1cccc2c(-c3nc4ccc(-n5cnnc5)cc4o3)cccc12. The summed E-state index contributed by atoms with van der Waals surface area (Å²) in [6.07, 6.45) is 3.29. The van der Waals surface area contributed by atoms with Crippen LogP contribution in [0.15, 0.2) is 71.7 Å². The predicted molar refractivity (Wildman–Crippen MR) is 96.9 cm³/mol. The Morgan fingerprint density at radius 3 is 2.56 bits per heavy atom. The van der Waals surface area contributed by atoms with Crippen molar-refractivity contribution in [3.63, 3.8) is 0 Å². The molecule has 0 unspecified atom stereocenters. The Balaban J connectivity index is 1.70. The largest absolute Gasteiger partial charge is 0.436 e. The van der Waals surface area contributed by atoms with Gasteiger partial charge in [-0.3, -0.25) is 4.57 Å². The topological polar surface area (TPSA) is 56.7 Å². The molecular weight excluding hydrogens is 336 g/mol. The molecule has 0 aliphatic rings. The number of fused-ring (bicyclic) bond motifs is 2. The molecule has 0 saturated carbocycles. The average Bonchev–Trinajstić information content (AvgIpc) is 3.30. The van der Waals surface area contributed by atoms with E-state index in [0.717, 1.165) is 27.5 Å². The molecule has 25 heavy (non-hydrogen) atoms. The fourth-order valence-electron chi connectivity index (χ4n) is 2.98. The lowest BCUT2D eigenvalue weighted by Crippen LogP contribution is -1.88. The van der Waals surface area contributed by atoms with Gasteiger partial charge in [0, 0.05) is 22.0 Å². The number of nitrogens with zero attached hydrogens (tertiary/aromatic N) is 4. The normalized spacial score (nSPS) is 11.4. The lowest BCUT2D eigenvalue weighted by molar-refractivity contribution is 0.620. The second kappa shape index (κ2) is 5.43. The molecule has 0 aliphatic heterocycles. The van der Waals surface area contributed by atoms with Crippen LogP contribution in [0.25, 0.3) is 39.0 Å². The maximum atomic E-state index is 6.31. The summed E-state index contributed by atoms with van der Waals surface area (Å²) >= 11 is 6.31.